The fourth-order valence-corrected chi connectivity index (χ4v) is 5.01. The lowest BCUT2D eigenvalue weighted by Gasteiger charge is -2.20. The van der Waals surface area contributed by atoms with E-state index < -0.39 is 6.04 Å². The van der Waals surface area contributed by atoms with Gasteiger partial charge in [0.05, 0.1) is 11.9 Å². The molecule has 4 rings (SSSR count). The van der Waals surface area contributed by atoms with Crippen LogP contribution in [0.3, 0.4) is 0 Å². The molecule has 0 saturated heterocycles. The number of rotatable bonds is 10. The van der Waals surface area contributed by atoms with Crippen molar-refractivity contribution in [3.8, 4) is 22.4 Å². The van der Waals surface area contributed by atoms with Crippen LogP contribution < -0.4 is 16.2 Å². The summed E-state index contributed by atoms with van der Waals surface area (Å²) in [6, 6.07) is 15.6. The number of nitrogens with one attached hydrogen (secondary N) is 2. The maximum atomic E-state index is 13.5. The Hall–Kier alpha value is -4.17. The smallest absolute Gasteiger partial charge is 0.250 e. The molecule has 1 unspecified atom stereocenters. The first kappa shape index (κ1) is 29.8. The van der Waals surface area contributed by atoms with Crippen molar-refractivity contribution in [2.75, 3.05) is 5.32 Å². The van der Waals surface area contributed by atoms with E-state index in [1.807, 2.05) is 88.2 Å². The van der Waals surface area contributed by atoms with E-state index in [2.05, 4.69) is 15.7 Å². The van der Waals surface area contributed by atoms with Gasteiger partial charge in [-0.25, -0.2) is 0 Å². The second-order valence-electron chi connectivity index (χ2n) is 10.5. The maximum absolute atomic E-state index is 13.5. The third-order valence-corrected chi connectivity index (χ3v) is 7.34. The SMILES string of the molecule is CCCC(=O)NC(Cc1cc(-c2ccc(=O)n(C(C)C)c2)ccc1Cl)C(=O)Nc1ccc(-c2c(C)cnn2C)cc1. The summed E-state index contributed by atoms with van der Waals surface area (Å²) in [6.07, 6.45) is 4.81. The highest BCUT2D eigenvalue weighted by Crippen LogP contribution is 2.27. The van der Waals surface area contributed by atoms with Crippen LogP contribution in [0.25, 0.3) is 22.4 Å². The molecule has 1 atom stereocenters. The van der Waals surface area contributed by atoms with Crippen molar-refractivity contribution in [3.05, 3.63) is 93.5 Å². The van der Waals surface area contributed by atoms with Crippen molar-refractivity contribution >= 4 is 29.1 Å². The van der Waals surface area contributed by atoms with Crippen LogP contribution in [0.5, 0.6) is 0 Å². The Labute approximate surface area is 245 Å². The van der Waals surface area contributed by atoms with Crippen LogP contribution in [0.2, 0.25) is 5.02 Å². The Morgan fingerprint density at radius 1 is 1.00 bits per heavy atom. The monoisotopic (exact) mass is 573 g/mol. The molecular formula is C32H36ClN5O3. The minimum Gasteiger partial charge on any atom is -0.344 e. The fraction of sp³-hybridized carbons (Fsp3) is 0.312. The summed E-state index contributed by atoms with van der Waals surface area (Å²) in [7, 11) is 1.89. The number of aromatic nitrogens is 3. The van der Waals surface area contributed by atoms with E-state index in [9.17, 15) is 14.4 Å². The third-order valence-electron chi connectivity index (χ3n) is 6.97. The van der Waals surface area contributed by atoms with E-state index >= 15 is 0 Å². The van der Waals surface area contributed by atoms with Crippen molar-refractivity contribution in [2.45, 2.75) is 59.0 Å². The Morgan fingerprint density at radius 3 is 2.32 bits per heavy atom. The van der Waals surface area contributed by atoms with Crippen molar-refractivity contribution in [1.82, 2.24) is 19.7 Å². The van der Waals surface area contributed by atoms with Crippen LogP contribution in [-0.2, 0) is 23.1 Å². The molecule has 0 radical (unpaired) electrons. The molecule has 0 spiro atoms. The number of halogens is 1. The minimum absolute atomic E-state index is 0.0123. The molecule has 214 valence electrons. The van der Waals surface area contributed by atoms with Crippen LogP contribution in [0.15, 0.2) is 71.8 Å². The number of pyridine rings is 1. The summed E-state index contributed by atoms with van der Waals surface area (Å²) in [5.41, 5.74) is 6.03. The highest BCUT2D eigenvalue weighted by Gasteiger charge is 2.23. The normalized spacial score (nSPS) is 11.9. The number of benzene rings is 2. The predicted molar refractivity (Wildman–Crippen MR) is 164 cm³/mol. The van der Waals surface area contributed by atoms with Crippen LogP contribution in [-0.4, -0.2) is 32.2 Å². The average Bonchev–Trinajstić information content (AvgIpc) is 3.27. The zero-order valence-corrected chi connectivity index (χ0v) is 24.8. The number of hydrogen-bond donors (Lipinski definition) is 2. The molecule has 9 heteroatoms. The Balaban J connectivity index is 1.58. The van der Waals surface area contributed by atoms with E-state index in [0.717, 1.165) is 27.9 Å². The largest absolute Gasteiger partial charge is 0.344 e. The summed E-state index contributed by atoms with van der Waals surface area (Å²) in [6.45, 7) is 7.82. The zero-order valence-electron chi connectivity index (χ0n) is 24.1. The van der Waals surface area contributed by atoms with E-state index in [4.69, 9.17) is 11.6 Å². The molecule has 0 saturated carbocycles. The third kappa shape index (κ3) is 7.13. The van der Waals surface area contributed by atoms with Gasteiger partial charge in [-0.1, -0.05) is 36.7 Å². The van der Waals surface area contributed by atoms with Gasteiger partial charge >= 0.3 is 0 Å². The Kier molecular flexibility index (Phi) is 9.45. The van der Waals surface area contributed by atoms with Crippen molar-refractivity contribution in [2.24, 2.45) is 7.05 Å². The van der Waals surface area contributed by atoms with E-state index in [1.54, 1.807) is 22.8 Å². The molecule has 41 heavy (non-hydrogen) atoms. The lowest BCUT2D eigenvalue weighted by atomic mass is 9.99. The van der Waals surface area contributed by atoms with Crippen LogP contribution in [0, 0.1) is 6.92 Å². The average molecular weight is 574 g/mol. The highest BCUT2D eigenvalue weighted by molar-refractivity contribution is 6.31. The van der Waals surface area contributed by atoms with Gasteiger partial charge in [-0.2, -0.15) is 5.10 Å². The number of nitrogens with zero attached hydrogens (tertiary/aromatic N) is 3. The van der Waals surface area contributed by atoms with Gasteiger partial charge in [-0.3, -0.25) is 19.1 Å². The van der Waals surface area contributed by atoms with Gasteiger partial charge in [0.25, 0.3) is 5.56 Å². The van der Waals surface area contributed by atoms with Gasteiger partial charge in [0.15, 0.2) is 0 Å². The predicted octanol–water partition coefficient (Wildman–Crippen LogP) is 5.92. The molecular weight excluding hydrogens is 538 g/mol. The van der Waals surface area contributed by atoms with Crippen molar-refractivity contribution in [3.63, 3.8) is 0 Å². The number of carbonyl (C=O) groups is 2. The molecule has 2 aromatic heterocycles. The Bertz CT molecular complexity index is 1590. The molecule has 0 aliphatic rings. The van der Waals surface area contributed by atoms with Crippen LogP contribution >= 0.6 is 11.6 Å². The zero-order chi connectivity index (χ0) is 29.7. The summed E-state index contributed by atoms with van der Waals surface area (Å²) in [4.78, 5) is 38.3. The molecule has 2 N–H and O–H groups in total. The van der Waals surface area contributed by atoms with Crippen LogP contribution in [0.1, 0.15) is 50.8 Å². The second-order valence-corrected chi connectivity index (χ2v) is 10.9. The number of hydrogen-bond acceptors (Lipinski definition) is 4. The van der Waals surface area contributed by atoms with Gasteiger partial charge in [0, 0.05) is 54.5 Å². The number of amides is 2. The molecule has 0 aliphatic heterocycles. The minimum atomic E-state index is -0.842. The van der Waals surface area contributed by atoms with Crippen LogP contribution in [0.4, 0.5) is 5.69 Å². The van der Waals surface area contributed by atoms with Gasteiger partial charge in [0.2, 0.25) is 11.8 Å². The molecule has 0 fully saturated rings. The number of carbonyl (C=O) groups excluding carboxylic acids is 2. The first-order chi connectivity index (χ1) is 19.6. The number of anilines is 1. The maximum Gasteiger partial charge on any atom is 0.250 e. The van der Waals surface area contributed by atoms with Gasteiger partial charge in [0.1, 0.15) is 6.04 Å². The summed E-state index contributed by atoms with van der Waals surface area (Å²) < 4.78 is 3.49. The summed E-state index contributed by atoms with van der Waals surface area (Å²) >= 11 is 6.58. The molecule has 8 nitrogen and oxygen atoms in total. The molecule has 0 aliphatic carbocycles. The van der Waals surface area contributed by atoms with Crippen molar-refractivity contribution in [1.29, 1.82) is 0 Å². The fourth-order valence-electron chi connectivity index (χ4n) is 4.81. The molecule has 2 heterocycles. The summed E-state index contributed by atoms with van der Waals surface area (Å²) in [5, 5.41) is 10.6. The number of aryl methyl sites for hydroxylation is 2. The lowest BCUT2D eigenvalue weighted by molar-refractivity contribution is -0.126. The molecule has 2 amide bonds. The van der Waals surface area contributed by atoms with E-state index in [1.165, 1.54) is 0 Å². The highest BCUT2D eigenvalue weighted by atomic mass is 35.5. The van der Waals surface area contributed by atoms with Crippen molar-refractivity contribution < 1.29 is 9.59 Å². The standard InChI is InChI=1S/C32H36ClN5O3/c1-6-7-29(39)36-28(32(41)35-26-12-8-22(9-13-26)31-21(4)18-34-37(31)5)17-25-16-23(10-14-27(25)33)24-11-15-30(40)38(19-24)20(2)3/h8-16,18-20,28H,6-7,17H2,1-5H3,(H,35,41)(H,36,39). The van der Waals surface area contributed by atoms with E-state index in [0.29, 0.717) is 29.1 Å². The van der Waals surface area contributed by atoms with Gasteiger partial charge in [-0.05, 0) is 79.8 Å². The quantitative estimate of drug-likeness (QED) is 0.246. The summed E-state index contributed by atoms with van der Waals surface area (Å²) in [5.74, 6) is -0.542. The van der Waals surface area contributed by atoms with Gasteiger partial charge in [-0.15, -0.1) is 0 Å². The molecule has 2 aromatic carbocycles. The Morgan fingerprint density at radius 2 is 1.68 bits per heavy atom. The lowest BCUT2D eigenvalue weighted by Crippen LogP contribution is -2.45. The molecule has 4 aromatic rings. The second kappa shape index (κ2) is 13.0. The first-order valence-corrected chi connectivity index (χ1v) is 14.2. The topological polar surface area (TPSA) is 98.0 Å². The molecule has 0 bridgehead atoms. The van der Waals surface area contributed by atoms with Gasteiger partial charge < -0.3 is 15.2 Å². The van der Waals surface area contributed by atoms with E-state index in [-0.39, 0.29) is 29.8 Å². The first-order valence-electron chi connectivity index (χ1n) is 13.8.